The molecule has 8 aromatic carbocycles. The van der Waals surface area contributed by atoms with Gasteiger partial charge in [-0.15, -0.1) is 0 Å². The lowest BCUT2D eigenvalue weighted by Crippen LogP contribution is -2.10. The van der Waals surface area contributed by atoms with Crippen molar-refractivity contribution < 1.29 is 8.83 Å². The Hall–Kier alpha value is -7.17. The molecule has 2 aromatic heterocycles. The first-order valence-electron chi connectivity index (χ1n) is 17.8. The third-order valence-electron chi connectivity index (χ3n) is 9.91. The molecule has 0 aliphatic rings. The Labute approximate surface area is 306 Å². The molecule has 0 amide bonds. The summed E-state index contributed by atoms with van der Waals surface area (Å²) in [5.41, 5.74) is 13.9. The van der Waals surface area contributed by atoms with Crippen LogP contribution < -0.4 is 4.90 Å². The van der Waals surface area contributed by atoms with Gasteiger partial charge in [-0.1, -0.05) is 140 Å². The molecule has 0 aliphatic heterocycles. The van der Waals surface area contributed by atoms with Gasteiger partial charge in [0.2, 0.25) is 5.89 Å². The van der Waals surface area contributed by atoms with Gasteiger partial charge in [-0.2, -0.15) is 0 Å². The van der Waals surface area contributed by atoms with Gasteiger partial charge in [-0.3, -0.25) is 0 Å². The summed E-state index contributed by atoms with van der Waals surface area (Å²) in [6.07, 6.45) is 0. The maximum Gasteiger partial charge on any atom is 0.227 e. The fourth-order valence-electron chi connectivity index (χ4n) is 7.34. The molecule has 0 saturated carbocycles. The second kappa shape index (κ2) is 12.9. The summed E-state index contributed by atoms with van der Waals surface area (Å²) < 4.78 is 13.0. The number of anilines is 3. The van der Waals surface area contributed by atoms with E-state index in [9.17, 15) is 0 Å². The molecule has 0 unspecified atom stereocenters. The Morgan fingerprint density at radius 2 is 0.962 bits per heavy atom. The number of hydrogen-bond acceptors (Lipinski definition) is 4. The number of oxazole rings is 1. The lowest BCUT2D eigenvalue weighted by molar-refractivity contribution is 0.617. The highest BCUT2D eigenvalue weighted by Gasteiger charge is 2.22. The minimum Gasteiger partial charge on any atom is -0.454 e. The van der Waals surface area contributed by atoms with E-state index in [4.69, 9.17) is 13.8 Å². The summed E-state index contributed by atoms with van der Waals surface area (Å²) in [5, 5.41) is 2.00. The fourth-order valence-corrected chi connectivity index (χ4v) is 7.34. The molecule has 0 saturated heterocycles. The van der Waals surface area contributed by atoms with E-state index in [1.807, 2.05) is 42.5 Å². The van der Waals surface area contributed by atoms with Gasteiger partial charge in [0.15, 0.2) is 11.2 Å². The number of aromatic nitrogens is 1. The Morgan fingerprint density at radius 1 is 0.377 bits per heavy atom. The highest BCUT2D eigenvalue weighted by molar-refractivity contribution is 6.13. The van der Waals surface area contributed by atoms with Gasteiger partial charge in [0.1, 0.15) is 11.1 Å². The van der Waals surface area contributed by atoms with E-state index >= 15 is 0 Å². The van der Waals surface area contributed by atoms with Crippen molar-refractivity contribution in [3.8, 4) is 44.8 Å². The van der Waals surface area contributed by atoms with Gasteiger partial charge in [0.05, 0.1) is 5.69 Å². The average Bonchev–Trinajstić information content (AvgIpc) is 3.83. The summed E-state index contributed by atoms with van der Waals surface area (Å²) in [6, 6.07) is 67.6. The molecule has 0 spiro atoms. The number of hydrogen-bond donors (Lipinski definition) is 0. The topological polar surface area (TPSA) is 42.4 Å². The number of nitrogens with zero attached hydrogens (tertiary/aromatic N) is 2. The minimum atomic E-state index is 0.594. The summed E-state index contributed by atoms with van der Waals surface area (Å²) >= 11 is 0. The highest BCUT2D eigenvalue weighted by atomic mass is 16.4. The molecule has 4 nitrogen and oxygen atoms in total. The number of furan rings is 1. The maximum atomic E-state index is 6.80. The lowest BCUT2D eigenvalue weighted by atomic mass is 9.93. The van der Waals surface area contributed by atoms with Gasteiger partial charge in [0, 0.05) is 33.8 Å². The second-order valence-electron chi connectivity index (χ2n) is 13.2. The Morgan fingerprint density at radius 3 is 1.64 bits per heavy atom. The van der Waals surface area contributed by atoms with Crippen molar-refractivity contribution in [2.75, 3.05) is 4.90 Å². The zero-order valence-corrected chi connectivity index (χ0v) is 28.7. The van der Waals surface area contributed by atoms with Crippen LogP contribution in [0.2, 0.25) is 0 Å². The molecule has 2 heterocycles. The highest BCUT2D eigenvalue weighted by Crippen LogP contribution is 2.45. The third kappa shape index (κ3) is 5.54. The van der Waals surface area contributed by atoms with E-state index in [-0.39, 0.29) is 0 Å². The first-order valence-corrected chi connectivity index (χ1v) is 17.8. The van der Waals surface area contributed by atoms with Gasteiger partial charge < -0.3 is 13.7 Å². The zero-order chi connectivity index (χ0) is 35.1. The number of rotatable bonds is 7. The van der Waals surface area contributed by atoms with E-state index in [2.05, 4.69) is 157 Å². The maximum absolute atomic E-state index is 6.80. The number of para-hydroxylation sites is 1. The van der Waals surface area contributed by atoms with E-state index in [0.717, 1.165) is 66.8 Å². The van der Waals surface area contributed by atoms with E-state index in [0.29, 0.717) is 11.5 Å². The molecule has 0 N–H and O–H groups in total. The molecule has 53 heavy (non-hydrogen) atoms. The van der Waals surface area contributed by atoms with E-state index in [1.54, 1.807) is 0 Å². The molecule has 0 atom stereocenters. The van der Waals surface area contributed by atoms with Crippen LogP contribution in [0.25, 0.3) is 77.9 Å². The Kier molecular flexibility index (Phi) is 7.43. The summed E-state index contributed by atoms with van der Waals surface area (Å²) in [4.78, 5) is 7.16. The molecule has 0 radical (unpaired) electrons. The Balaban J connectivity index is 1.17. The molecular weight excluding hydrogens is 649 g/mol. The van der Waals surface area contributed by atoms with Crippen LogP contribution in [0.5, 0.6) is 0 Å². The Bertz CT molecular complexity index is 2860. The summed E-state index contributed by atoms with van der Waals surface area (Å²) in [5.74, 6) is 0.594. The summed E-state index contributed by atoms with van der Waals surface area (Å²) in [6.45, 7) is 0. The molecule has 10 rings (SSSR count). The molecule has 0 fully saturated rings. The van der Waals surface area contributed by atoms with E-state index < -0.39 is 0 Å². The quantitative estimate of drug-likeness (QED) is 0.168. The minimum absolute atomic E-state index is 0.594. The standard InChI is InChI=1S/C49H32N2O2/c1-5-14-33(15-6-1)34-24-26-38(27-25-34)51(39-28-29-40(35-16-7-2-8-17-35)42(30-39)36-18-9-3-10-19-36)45-23-13-22-41-43-31-44-47(32-46(43)52-48(41)45)53-49(50-44)37-20-11-4-12-21-37/h1-32H. The van der Waals surface area contributed by atoms with Crippen LogP contribution in [0.4, 0.5) is 17.1 Å². The molecule has 4 heteroatoms. The smallest absolute Gasteiger partial charge is 0.227 e. The number of fused-ring (bicyclic) bond motifs is 4. The predicted octanol–water partition coefficient (Wildman–Crippen LogP) is 13.9. The van der Waals surface area contributed by atoms with Crippen molar-refractivity contribution in [1.29, 1.82) is 0 Å². The normalized spacial score (nSPS) is 11.4. The van der Waals surface area contributed by atoms with Crippen LogP contribution in [0.15, 0.2) is 203 Å². The van der Waals surface area contributed by atoms with Crippen molar-refractivity contribution in [1.82, 2.24) is 4.98 Å². The third-order valence-corrected chi connectivity index (χ3v) is 9.91. The fraction of sp³-hybridized carbons (Fsp3) is 0. The van der Waals surface area contributed by atoms with Crippen LogP contribution in [-0.2, 0) is 0 Å². The van der Waals surface area contributed by atoms with Crippen LogP contribution in [0, 0.1) is 0 Å². The first kappa shape index (κ1) is 30.6. The van der Waals surface area contributed by atoms with Crippen LogP contribution in [-0.4, -0.2) is 4.98 Å². The van der Waals surface area contributed by atoms with E-state index in [1.165, 1.54) is 16.7 Å². The van der Waals surface area contributed by atoms with Gasteiger partial charge in [0.25, 0.3) is 0 Å². The van der Waals surface area contributed by atoms with Crippen molar-refractivity contribution in [2.45, 2.75) is 0 Å². The SMILES string of the molecule is c1ccc(-c2ccc(N(c3ccc(-c4ccccc4)c(-c4ccccc4)c3)c3cccc4c3oc3cc5oc(-c6ccccc6)nc5cc34)cc2)cc1. The molecular formula is C49H32N2O2. The van der Waals surface area contributed by atoms with Crippen LogP contribution in [0.1, 0.15) is 0 Å². The van der Waals surface area contributed by atoms with Crippen LogP contribution >= 0.6 is 0 Å². The summed E-state index contributed by atoms with van der Waals surface area (Å²) in [7, 11) is 0. The lowest BCUT2D eigenvalue weighted by Gasteiger charge is -2.27. The zero-order valence-electron chi connectivity index (χ0n) is 28.7. The van der Waals surface area contributed by atoms with Gasteiger partial charge >= 0.3 is 0 Å². The molecule has 10 aromatic rings. The van der Waals surface area contributed by atoms with Crippen LogP contribution in [0.3, 0.4) is 0 Å². The average molecular weight is 681 g/mol. The van der Waals surface area contributed by atoms with Gasteiger partial charge in [-0.05, 0) is 81.9 Å². The monoisotopic (exact) mass is 680 g/mol. The molecule has 0 aliphatic carbocycles. The van der Waals surface area contributed by atoms with Crippen molar-refractivity contribution >= 4 is 50.1 Å². The number of benzene rings is 8. The molecule has 250 valence electrons. The predicted molar refractivity (Wildman–Crippen MR) is 218 cm³/mol. The first-order chi connectivity index (χ1) is 26.3. The van der Waals surface area contributed by atoms with Crippen molar-refractivity contribution in [2.24, 2.45) is 0 Å². The second-order valence-corrected chi connectivity index (χ2v) is 13.2. The molecule has 0 bridgehead atoms. The van der Waals surface area contributed by atoms with Gasteiger partial charge in [-0.25, -0.2) is 4.98 Å². The van der Waals surface area contributed by atoms with Crippen molar-refractivity contribution in [3.63, 3.8) is 0 Å². The van der Waals surface area contributed by atoms with Crippen molar-refractivity contribution in [3.05, 3.63) is 194 Å². The largest absolute Gasteiger partial charge is 0.454 e.